The first-order valence-corrected chi connectivity index (χ1v) is 4.94. The van der Waals surface area contributed by atoms with E-state index in [1.165, 1.54) is 0 Å². The molecule has 0 aliphatic carbocycles. The normalized spacial score (nSPS) is 13.4. The van der Waals surface area contributed by atoms with Gasteiger partial charge in [0.1, 0.15) is 5.16 Å². The van der Waals surface area contributed by atoms with Crippen LogP contribution in [0.2, 0.25) is 0 Å². The highest BCUT2D eigenvalue weighted by Crippen LogP contribution is 2.07. The van der Waals surface area contributed by atoms with Gasteiger partial charge in [0, 0.05) is 4.08 Å². The fourth-order valence-corrected chi connectivity index (χ4v) is 0.686. The van der Waals surface area contributed by atoms with Crippen molar-refractivity contribution in [1.29, 1.82) is 5.41 Å². The Kier molecular flexibility index (Phi) is 6.37. The van der Waals surface area contributed by atoms with Crippen molar-refractivity contribution in [3.63, 3.8) is 0 Å². The maximum Gasteiger partial charge on any atom is 0.233 e. The molecular weight excluding hydrogens is 290 g/mol. The zero-order valence-corrected chi connectivity index (χ0v) is 9.76. The summed E-state index contributed by atoms with van der Waals surface area (Å²) in [6.07, 6.45) is 1.03. The second-order valence-corrected chi connectivity index (χ2v) is 3.20. The van der Waals surface area contributed by atoms with Gasteiger partial charge in [-0.15, -0.1) is 0 Å². The van der Waals surface area contributed by atoms with Gasteiger partial charge in [0.05, 0.1) is 12.3 Å². The average Bonchev–Trinajstić information content (AvgIpc) is 2.02. The molecule has 12 heavy (non-hydrogen) atoms. The molecule has 0 aromatic heterocycles. The van der Waals surface area contributed by atoms with Gasteiger partial charge in [-0.05, 0) is 36.4 Å². The van der Waals surface area contributed by atoms with Crippen molar-refractivity contribution in [2.75, 3.05) is 0 Å². The van der Waals surface area contributed by atoms with Crippen LogP contribution >= 0.6 is 34.2 Å². The fourth-order valence-electron chi connectivity index (χ4n) is 0.464. The van der Waals surface area contributed by atoms with E-state index in [1.807, 2.05) is 36.4 Å². The molecule has 3 nitrogen and oxygen atoms in total. The zero-order chi connectivity index (χ0) is 9.56. The number of ether oxygens (including phenoxy) is 1. The second kappa shape index (κ2) is 6.42. The van der Waals surface area contributed by atoms with Crippen LogP contribution in [-0.4, -0.2) is 18.2 Å². The highest BCUT2D eigenvalue weighted by molar-refractivity contribution is 14.1. The van der Waals surface area contributed by atoms with E-state index in [2.05, 4.69) is 4.99 Å². The molecule has 0 atom stereocenters. The van der Waals surface area contributed by atoms with Crippen LogP contribution in [0.1, 0.15) is 13.8 Å². The van der Waals surface area contributed by atoms with E-state index in [0.717, 1.165) is 6.21 Å². The Labute approximate surface area is 90.5 Å². The maximum absolute atomic E-state index is 6.95. The van der Waals surface area contributed by atoms with Crippen molar-refractivity contribution in [2.24, 2.45) is 4.99 Å². The molecule has 0 fully saturated rings. The zero-order valence-electron chi connectivity index (χ0n) is 6.84. The molecule has 1 N–H and O–H groups in total. The Morgan fingerprint density at radius 2 is 2.25 bits per heavy atom. The Hall–Kier alpha value is -0.100. The molecule has 0 aromatic carbocycles. The summed E-state index contributed by atoms with van der Waals surface area (Å²) in [5, 5.41) is 7.27. The van der Waals surface area contributed by atoms with Crippen molar-refractivity contribution in [3.8, 4) is 0 Å². The molecule has 0 amide bonds. The van der Waals surface area contributed by atoms with Crippen LogP contribution in [0, 0.1) is 5.41 Å². The van der Waals surface area contributed by atoms with Crippen LogP contribution in [0.3, 0.4) is 0 Å². The van der Waals surface area contributed by atoms with Gasteiger partial charge < -0.3 is 10.1 Å². The molecule has 0 aliphatic heterocycles. The highest BCUT2D eigenvalue weighted by Gasteiger charge is 1.99. The molecule has 0 bridgehead atoms. The predicted molar refractivity (Wildman–Crippen MR) is 60.4 cm³/mol. The van der Waals surface area contributed by atoms with Gasteiger partial charge in [-0.25, -0.2) is 0 Å². The quantitative estimate of drug-likeness (QED) is 0.370. The summed E-state index contributed by atoms with van der Waals surface area (Å²) in [6, 6.07) is 0. The third kappa shape index (κ3) is 5.54. The largest absolute Gasteiger partial charge is 0.474 e. The molecule has 0 rings (SSSR count). The molecule has 0 radical (unpaired) electrons. The minimum absolute atomic E-state index is 0.00373. The minimum atomic E-state index is 0.00373. The average molecular weight is 301 g/mol. The SMILES string of the molecule is CC(C)OC(C=N)=N/C(Cl)=C\I. The number of hydrogen-bond acceptors (Lipinski definition) is 3. The lowest BCUT2D eigenvalue weighted by molar-refractivity contribution is 0.234. The Morgan fingerprint density at radius 1 is 1.67 bits per heavy atom. The van der Waals surface area contributed by atoms with E-state index >= 15 is 0 Å². The van der Waals surface area contributed by atoms with E-state index in [9.17, 15) is 0 Å². The summed E-state index contributed by atoms with van der Waals surface area (Å²) < 4.78 is 6.75. The summed E-state index contributed by atoms with van der Waals surface area (Å²) in [6.45, 7) is 3.72. The molecule has 68 valence electrons. The van der Waals surface area contributed by atoms with Crippen molar-refractivity contribution < 1.29 is 4.74 Å². The molecule has 0 heterocycles. The summed E-state index contributed by atoms with van der Waals surface area (Å²) in [4.78, 5) is 3.82. The lowest BCUT2D eigenvalue weighted by Gasteiger charge is -2.07. The molecule has 0 aliphatic rings. The number of nitrogens with one attached hydrogen (secondary N) is 1. The predicted octanol–water partition coefficient (Wildman–Crippen LogP) is 2.93. The van der Waals surface area contributed by atoms with E-state index in [1.54, 1.807) is 4.08 Å². The second-order valence-electron chi connectivity index (χ2n) is 2.19. The van der Waals surface area contributed by atoms with E-state index in [0.29, 0.717) is 5.16 Å². The molecule has 0 saturated carbocycles. The number of aliphatic imine (C=N–C) groups is 1. The van der Waals surface area contributed by atoms with Crippen LogP contribution < -0.4 is 0 Å². The lowest BCUT2D eigenvalue weighted by atomic mass is 10.5. The lowest BCUT2D eigenvalue weighted by Crippen LogP contribution is -2.12. The minimum Gasteiger partial charge on any atom is -0.474 e. The van der Waals surface area contributed by atoms with Crippen LogP contribution in [0.15, 0.2) is 14.2 Å². The van der Waals surface area contributed by atoms with Crippen LogP contribution in [0.5, 0.6) is 0 Å². The van der Waals surface area contributed by atoms with Gasteiger partial charge in [-0.3, -0.25) is 0 Å². The van der Waals surface area contributed by atoms with E-state index in [-0.39, 0.29) is 12.0 Å². The van der Waals surface area contributed by atoms with Crippen molar-refractivity contribution in [2.45, 2.75) is 20.0 Å². The van der Waals surface area contributed by atoms with Crippen molar-refractivity contribution in [3.05, 3.63) is 9.24 Å². The number of nitrogens with zero attached hydrogens (tertiary/aromatic N) is 1. The highest BCUT2D eigenvalue weighted by atomic mass is 127. The van der Waals surface area contributed by atoms with Crippen molar-refractivity contribution >= 4 is 46.3 Å². The summed E-state index contributed by atoms with van der Waals surface area (Å²) in [7, 11) is 0. The summed E-state index contributed by atoms with van der Waals surface area (Å²) >= 11 is 7.57. The van der Waals surface area contributed by atoms with E-state index < -0.39 is 0 Å². The van der Waals surface area contributed by atoms with Gasteiger partial charge in [0.15, 0.2) is 0 Å². The standard InChI is InChI=1S/C7H10ClIN2O/c1-5(2)12-7(4-10)11-6(8)3-9/h3-5,10H,1-2H3/b6-3-,10-4?,11-7?. The molecular formula is C7H10ClIN2O. The Bertz CT molecular complexity index is 213. The first kappa shape index (κ1) is 11.9. The number of rotatable bonds is 3. The van der Waals surface area contributed by atoms with E-state index in [4.69, 9.17) is 21.7 Å². The third-order valence-corrected chi connectivity index (χ3v) is 1.94. The molecule has 0 spiro atoms. The van der Waals surface area contributed by atoms with Crippen LogP contribution in [0.25, 0.3) is 0 Å². The van der Waals surface area contributed by atoms with Crippen molar-refractivity contribution in [1.82, 2.24) is 0 Å². The number of halogens is 2. The maximum atomic E-state index is 6.95. The summed E-state index contributed by atoms with van der Waals surface area (Å²) in [5.41, 5.74) is 0. The Morgan fingerprint density at radius 3 is 2.58 bits per heavy atom. The van der Waals surface area contributed by atoms with Gasteiger partial charge in [0.25, 0.3) is 0 Å². The molecule has 0 unspecified atom stereocenters. The van der Waals surface area contributed by atoms with Gasteiger partial charge in [-0.2, -0.15) is 4.99 Å². The summed E-state index contributed by atoms with van der Waals surface area (Å²) in [5.74, 6) is 0.225. The third-order valence-electron chi connectivity index (χ3n) is 0.787. The van der Waals surface area contributed by atoms with Crippen LogP contribution in [0.4, 0.5) is 0 Å². The molecule has 5 heteroatoms. The van der Waals surface area contributed by atoms with Gasteiger partial charge in [0.2, 0.25) is 5.90 Å². The smallest absolute Gasteiger partial charge is 0.233 e. The fraction of sp³-hybridized carbons (Fsp3) is 0.429. The molecule has 0 saturated heterocycles. The first-order chi connectivity index (χ1) is 5.60. The first-order valence-electron chi connectivity index (χ1n) is 3.31. The Balaban J connectivity index is 4.33. The molecule has 0 aromatic rings. The van der Waals surface area contributed by atoms with Gasteiger partial charge in [-0.1, -0.05) is 11.6 Å². The van der Waals surface area contributed by atoms with Gasteiger partial charge >= 0.3 is 0 Å². The van der Waals surface area contributed by atoms with Crippen LogP contribution in [-0.2, 0) is 4.74 Å². The topological polar surface area (TPSA) is 45.4 Å². The monoisotopic (exact) mass is 300 g/mol. The number of hydrogen-bond donors (Lipinski definition) is 1.